The Bertz CT molecular complexity index is 856. The summed E-state index contributed by atoms with van der Waals surface area (Å²) >= 11 is 0. The van der Waals surface area contributed by atoms with Gasteiger partial charge in [-0.1, -0.05) is 148 Å². The van der Waals surface area contributed by atoms with Gasteiger partial charge in [-0.05, 0) is 59.3 Å². The Balaban J connectivity index is 0.000000190. The molecule has 4 aromatic carbocycles. The molecule has 0 fully saturated rings. The second-order valence-corrected chi connectivity index (χ2v) is 11.0. The van der Waals surface area contributed by atoms with Crippen LogP contribution in [0, 0.1) is 0 Å². The van der Waals surface area contributed by atoms with E-state index in [1.807, 2.05) is 24.3 Å². The third-order valence-corrected chi connectivity index (χ3v) is 7.32. The summed E-state index contributed by atoms with van der Waals surface area (Å²) in [6.07, 6.45) is 8.15. The molecule has 0 bridgehead atoms. The first-order chi connectivity index (χ1) is 17.6. The Kier molecular flexibility index (Phi) is 15.8. The van der Waals surface area contributed by atoms with Crippen LogP contribution in [-0.4, -0.2) is 11.3 Å². The Morgan fingerprint density at radius 2 is 0.611 bits per heavy atom. The van der Waals surface area contributed by atoms with Gasteiger partial charge in [0.1, 0.15) is 0 Å². The summed E-state index contributed by atoms with van der Waals surface area (Å²) in [5.41, 5.74) is 6.82. The molecule has 0 amide bonds. The first kappa shape index (κ1) is 30.0. The van der Waals surface area contributed by atoms with E-state index < -0.39 is 0 Å². The van der Waals surface area contributed by atoms with Crippen molar-refractivity contribution in [2.75, 3.05) is 0 Å². The molecule has 0 radical (unpaired) electrons. The van der Waals surface area contributed by atoms with Crippen LogP contribution < -0.4 is 0 Å². The zero-order valence-corrected chi connectivity index (χ0v) is 24.4. The fourth-order valence-electron chi connectivity index (χ4n) is 3.98. The maximum absolute atomic E-state index is 2.97. The van der Waals surface area contributed by atoms with E-state index in [0.29, 0.717) is 0 Å². The molecule has 36 heavy (non-hydrogen) atoms. The topological polar surface area (TPSA) is 0 Å². The van der Waals surface area contributed by atoms with Gasteiger partial charge in [-0.2, -0.15) is 0 Å². The van der Waals surface area contributed by atoms with Gasteiger partial charge in [0, 0.05) is 0 Å². The summed E-state index contributed by atoms with van der Waals surface area (Å²) in [6.45, 7) is 4.53. The van der Waals surface area contributed by atoms with Gasteiger partial charge < -0.3 is 0 Å². The SMILES string of the molecule is CCCC(P)CCC(P)CCC.c1ccc(-c2ccccc2)cc1.c1ccc(-c2ccccc2)cc1. The molecule has 0 N–H and O–H groups in total. The fraction of sp³-hybridized carbons (Fsp3) is 0.294. The van der Waals surface area contributed by atoms with E-state index in [-0.39, 0.29) is 0 Å². The number of benzene rings is 4. The smallest absolute Gasteiger partial charge is 0.0184 e. The summed E-state index contributed by atoms with van der Waals surface area (Å²) < 4.78 is 0. The standard InChI is InChI=1S/2C12H10.C10H24P2/c2*1-3-7-11(8-4-1)12-9-5-2-6-10-12;1-3-5-9(11)7-8-10(12)6-4-2/h2*1-10H;9-10H,3-8,11-12H2,1-2H3. The van der Waals surface area contributed by atoms with Gasteiger partial charge in [-0.15, -0.1) is 18.5 Å². The first-order valence-corrected chi connectivity index (χ1v) is 14.7. The van der Waals surface area contributed by atoms with Crippen molar-refractivity contribution in [3.63, 3.8) is 0 Å². The molecule has 0 aliphatic heterocycles. The van der Waals surface area contributed by atoms with Crippen molar-refractivity contribution >= 4 is 18.5 Å². The minimum Gasteiger partial charge on any atom is -0.134 e. The molecule has 0 heterocycles. The van der Waals surface area contributed by atoms with E-state index >= 15 is 0 Å². The van der Waals surface area contributed by atoms with Crippen molar-refractivity contribution in [2.24, 2.45) is 0 Å². The van der Waals surface area contributed by atoms with Crippen molar-refractivity contribution in [3.05, 3.63) is 121 Å². The maximum Gasteiger partial charge on any atom is -0.0184 e. The maximum atomic E-state index is 2.97. The number of hydrogen-bond acceptors (Lipinski definition) is 0. The van der Waals surface area contributed by atoms with E-state index in [1.54, 1.807) is 0 Å². The highest BCUT2D eigenvalue weighted by Crippen LogP contribution is 2.21. The summed E-state index contributed by atoms with van der Waals surface area (Å²) in [5.74, 6) is 0. The monoisotopic (exact) mass is 514 g/mol. The second-order valence-electron chi connectivity index (χ2n) is 9.14. The molecular weight excluding hydrogens is 470 g/mol. The molecule has 0 nitrogen and oxygen atoms in total. The quantitative estimate of drug-likeness (QED) is 0.195. The third-order valence-electron chi connectivity index (χ3n) is 5.99. The Morgan fingerprint density at radius 1 is 0.389 bits per heavy atom. The molecular formula is C34H44P2. The molecule has 0 spiro atoms. The zero-order valence-electron chi connectivity index (χ0n) is 22.1. The van der Waals surface area contributed by atoms with Crippen LogP contribution in [0.1, 0.15) is 52.4 Å². The molecule has 190 valence electrons. The Hall–Kier alpha value is -2.26. The van der Waals surface area contributed by atoms with Gasteiger partial charge in [0.15, 0.2) is 0 Å². The van der Waals surface area contributed by atoms with Crippen LogP contribution in [0.2, 0.25) is 0 Å². The van der Waals surface area contributed by atoms with Crippen LogP contribution in [0.4, 0.5) is 0 Å². The largest absolute Gasteiger partial charge is 0.134 e. The molecule has 0 aliphatic rings. The molecule has 4 unspecified atom stereocenters. The van der Waals surface area contributed by atoms with Crippen molar-refractivity contribution < 1.29 is 0 Å². The number of rotatable bonds is 9. The summed E-state index contributed by atoms with van der Waals surface area (Å²) in [4.78, 5) is 0. The molecule has 0 saturated heterocycles. The van der Waals surface area contributed by atoms with E-state index in [2.05, 4.69) is 129 Å². The average molecular weight is 515 g/mol. The van der Waals surface area contributed by atoms with Gasteiger partial charge in [0.25, 0.3) is 0 Å². The third kappa shape index (κ3) is 12.6. The van der Waals surface area contributed by atoms with Crippen molar-refractivity contribution in [1.29, 1.82) is 0 Å². The lowest BCUT2D eigenvalue weighted by Crippen LogP contribution is -2.03. The van der Waals surface area contributed by atoms with Gasteiger partial charge >= 0.3 is 0 Å². The normalized spacial score (nSPS) is 11.8. The van der Waals surface area contributed by atoms with E-state index in [4.69, 9.17) is 0 Å². The van der Waals surface area contributed by atoms with Crippen LogP contribution in [-0.2, 0) is 0 Å². The van der Waals surface area contributed by atoms with Crippen LogP contribution in [0.5, 0.6) is 0 Å². The lowest BCUT2D eigenvalue weighted by Gasteiger charge is -2.13. The predicted molar refractivity (Wildman–Crippen MR) is 170 cm³/mol. The van der Waals surface area contributed by atoms with Crippen LogP contribution >= 0.6 is 18.5 Å². The molecule has 4 aromatic rings. The van der Waals surface area contributed by atoms with Crippen molar-refractivity contribution in [2.45, 2.75) is 63.7 Å². The van der Waals surface area contributed by atoms with Crippen molar-refractivity contribution in [3.8, 4) is 22.3 Å². The minimum atomic E-state index is 0.856. The molecule has 2 heteroatoms. The minimum absolute atomic E-state index is 0.856. The summed E-state index contributed by atoms with van der Waals surface area (Å²) in [7, 11) is 5.94. The van der Waals surface area contributed by atoms with Gasteiger partial charge in [-0.25, -0.2) is 0 Å². The van der Waals surface area contributed by atoms with Gasteiger partial charge in [0.05, 0.1) is 0 Å². The van der Waals surface area contributed by atoms with Gasteiger partial charge in [-0.3, -0.25) is 0 Å². The fourth-order valence-corrected chi connectivity index (χ4v) is 5.03. The highest BCUT2D eigenvalue weighted by atomic mass is 31.0. The lowest BCUT2D eigenvalue weighted by atomic mass is 10.1. The molecule has 4 rings (SSSR count). The van der Waals surface area contributed by atoms with Crippen LogP contribution in [0.3, 0.4) is 0 Å². The Morgan fingerprint density at radius 3 is 0.806 bits per heavy atom. The zero-order chi connectivity index (χ0) is 25.8. The van der Waals surface area contributed by atoms with E-state index in [1.165, 1.54) is 60.8 Å². The van der Waals surface area contributed by atoms with Gasteiger partial charge in [0.2, 0.25) is 0 Å². The molecule has 0 aromatic heterocycles. The lowest BCUT2D eigenvalue weighted by molar-refractivity contribution is 0.606. The highest BCUT2D eigenvalue weighted by molar-refractivity contribution is 7.18. The summed E-state index contributed by atoms with van der Waals surface area (Å²) in [5, 5.41) is 0. The second kappa shape index (κ2) is 18.9. The summed E-state index contributed by atoms with van der Waals surface area (Å²) in [6, 6.07) is 41.6. The average Bonchev–Trinajstić information content (AvgIpc) is 2.95. The van der Waals surface area contributed by atoms with Crippen LogP contribution in [0.15, 0.2) is 121 Å². The molecule has 0 aliphatic carbocycles. The first-order valence-electron chi connectivity index (χ1n) is 13.4. The molecule has 4 atom stereocenters. The highest BCUT2D eigenvalue weighted by Gasteiger charge is 2.05. The van der Waals surface area contributed by atoms with E-state index in [0.717, 1.165) is 11.3 Å². The van der Waals surface area contributed by atoms with E-state index in [9.17, 15) is 0 Å². The molecule has 0 saturated carbocycles. The van der Waals surface area contributed by atoms with Crippen molar-refractivity contribution in [1.82, 2.24) is 0 Å². The van der Waals surface area contributed by atoms with Crippen LogP contribution in [0.25, 0.3) is 22.3 Å². The predicted octanol–water partition coefficient (Wildman–Crippen LogP) is 10.6. The number of hydrogen-bond donors (Lipinski definition) is 0. The Labute approximate surface area is 225 Å².